The third kappa shape index (κ3) is 6.52. The summed E-state index contributed by atoms with van der Waals surface area (Å²) < 4.78 is 11.0. The summed E-state index contributed by atoms with van der Waals surface area (Å²) in [5.74, 6) is 0.931. The van der Waals surface area contributed by atoms with Crippen LogP contribution in [-0.4, -0.2) is 54.6 Å². The number of carbonyl (C=O) groups excluding carboxylic acids is 2. The second-order valence-corrected chi connectivity index (χ2v) is 7.17. The Bertz CT molecular complexity index is 784. The Morgan fingerprint density at radius 3 is 2.24 bits per heavy atom. The first-order chi connectivity index (χ1) is 14.1. The number of nitrogens with zero attached hydrogens (tertiary/aromatic N) is 2. The number of aryl methyl sites for hydroxylation is 1. The third-order valence-corrected chi connectivity index (χ3v) is 4.92. The van der Waals surface area contributed by atoms with Crippen LogP contribution in [-0.2, 0) is 16.1 Å². The molecule has 0 saturated carbocycles. The summed E-state index contributed by atoms with van der Waals surface area (Å²) >= 11 is 0. The number of rotatable bonds is 7. The minimum atomic E-state index is -0.326. The van der Waals surface area contributed by atoms with E-state index in [2.05, 4.69) is 0 Å². The van der Waals surface area contributed by atoms with Gasteiger partial charge in [-0.3, -0.25) is 4.79 Å². The number of piperazine rings is 1. The Balaban J connectivity index is 1.31. The van der Waals surface area contributed by atoms with Gasteiger partial charge in [0.1, 0.15) is 12.4 Å². The van der Waals surface area contributed by atoms with Crippen LogP contribution in [0.2, 0.25) is 0 Å². The van der Waals surface area contributed by atoms with Crippen LogP contribution in [0, 0.1) is 6.92 Å². The van der Waals surface area contributed by atoms with E-state index in [-0.39, 0.29) is 18.6 Å². The summed E-state index contributed by atoms with van der Waals surface area (Å²) in [6.07, 6.45) is 0.795. The van der Waals surface area contributed by atoms with Crippen LogP contribution in [0.25, 0.3) is 0 Å². The Labute approximate surface area is 172 Å². The van der Waals surface area contributed by atoms with Crippen molar-refractivity contribution in [3.05, 3.63) is 65.7 Å². The zero-order chi connectivity index (χ0) is 20.5. The topological polar surface area (TPSA) is 59.1 Å². The van der Waals surface area contributed by atoms with E-state index in [9.17, 15) is 9.59 Å². The summed E-state index contributed by atoms with van der Waals surface area (Å²) in [6, 6.07) is 17.5. The maximum absolute atomic E-state index is 12.4. The van der Waals surface area contributed by atoms with Gasteiger partial charge in [-0.1, -0.05) is 48.0 Å². The zero-order valence-corrected chi connectivity index (χ0v) is 16.9. The van der Waals surface area contributed by atoms with Gasteiger partial charge in [0.25, 0.3) is 0 Å². The Morgan fingerprint density at radius 1 is 0.897 bits per heavy atom. The van der Waals surface area contributed by atoms with E-state index in [1.54, 1.807) is 4.90 Å². The normalized spacial score (nSPS) is 13.8. The molecule has 0 spiro atoms. The maximum Gasteiger partial charge on any atom is 0.410 e. The first-order valence-electron chi connectivity index (χ1n) is 10.0. The molecule has 1 heterocycles. The highest BCUT2D eigenvalue weighted by atomic mass is 16.6. The fourth-order valence-corrected chi connectivity index (χ4v) is 3.16. The van der Waals surface area contributed by atoms with Crippen molar-refractivity contribution in [2.24, 2.45) is 0 Å². The molecule has 6 nitrogen and oxygen atoms in total. The van der Waals surface area contributed by atoms with Crippen LogP contribution >= 0.6 is 0 Å². The van der Waals surface area contributed by atoms with Gasteiger partial charge in [0.2, 0.25) is 5.91 Å². The zero-order valence-electron chi connectivity index (χ0n) is 16.9. The minimum Gasteiger partial charge on any atom is -0.494 e. The SMILES string of the molecule is Cc1ccc(OCCCC(=O)N2CCN(C(=O)OCc3ccccc3)CC2)cc1. The van der Waals surface area contributed by atoms with Crippen molar-refractivity contribution in [3.8, 4) is 5.75 Å². The van der Waals surface area contributed by atoms with Crippen molar-refractivity contribution in [2.75, 3.05) is 32.8 Å². The summed E-state index contributed by atoms with van der Waals surface area (Å²) in [6.45, 7) is 4.89. The lowest BCUT2D eigenvalue weighted by Gasteiger charge is -2.34. The van der Waals surface area contributed by atoms with Crippen molar-refractivity contribution >= 4 is 12.0 Å². The van der Waals surface area contributed by atoms with Gasteiger partial charge in [-0.25, -0.2) is 4.79 Å². The van der Waals surface area contributed by atoms with Crippen LogP contribution in [0.5, 0.6) is 5.75 Å². The van der Waals surface area contributed by atoms with Crippen molar-refractivity contribution in [1.82, 2.24) is 9.80 Å². The molecule has 0 aliphatic carbocycles. The molecule has 3 rings (SSSR count). The number of benzene rings is 2. The molecule has 2 amide bonds. The van der Waals surface area contributed by atoms with Crippen LogP contribution in [0.1, 0.15) is 24.0 Å². The summed E-state index contributed by atoms with van der Waals surface area (Å²) in [4.78, 5) is 28.0. The summed E-state index contributed by atoms with van der Waals surface area (Å²) in [5, 5.41) is 0. The number of hydrogen-bond acceptors (Lipinski definition) is 4. The van der Waals surface area contributed by atoms with Crippen molar-refractivity contribution in [3.63, 3.8) is 0 Å². The van der Waals surface area contributed by atoms with Gasteiger partial charge in [0, 0.05) is 32.6 Å². The van der Waals surface area contributed by atoms with E-state index < -0.39 is 0 Å². The highest BCUT2D eigenvalue weighted by Gasteiger charge is 2.24. The molecule has 1 aliphatic heterocycles. The predicted molar refractivity (Wildman–Crippen MR) is 111 cm³/mol. The maximum atomic E-state index is 12.4. The molecule has 0 unspecified atom stereocenters. The molecule has 1 fully saturated rings. The first-order valence-corrected chi connectivity index (χ1v) is 10.0. The van der Waals surface area contributed by atoms with E-state index >= 15 is 0 Å². The van der Waals surface area contributed by atoms with Crippen molar-refractivity contribution in [1.29, 1.82) is 0 Å². The second kappa shape index (κ2) is 10.5. The predicted octanol–water partition coefficient (Wildman–Crippen LogP) is 3.64. The largest absolute Gasteiger partial charge is 0.494 e. The lowest BCUT2D eigenvalue weighted by atomic mass is 10.2. The molecule has 0 aromatic heterocycles. The molecular weight excluding hydrogens is 368 g/mol. The van der Waals surface area contributed by atoms with Gasteiger partial charge in [0.15, 0.2) is 0 Å². The Kier molecular flexibility index (Phi) is 7.50. The van der Waals surface area contributed by atoms with Crippen molar-refractivity contribution in [2.45, 2.75) is 26.4 Å². The van der Waals surface area contributed by atoms with E-state index in [1.807, 2.05) is 66.4 Å². The number of hydrogen-bond donors (Lipinski definition) is 0. The molecule has 1 saturated heterocycles. The van der Waals surface area contributed by atoms with Gasteiger partial charge in [-0.15, -0.1) is 0 Å². The molecule has 154 valence electrons. The number of carbonyl (C=O) groups is 2. The number of ether oxygens (including phenoxy) is 2. The molecule has 6 heteroatoms. The Morgan fingerprint density at radius 2 is 1.55 bits per heavy atom. The summed E-state index contributed by atoms with van der Waals surface area (Å²) in [5.41, 5.74) is 2.15. The number of amides is 2. The highest BCUT2D eigenvalue weighted by Crippen LogP contribution is 2.13. The third-order valence-electron chi connectivity index (χ3n) is 4.92. The molecule has 2 aromatic carbocycles. The standard InChI is InChI=1S/C23H28N2O4/c1-19-9-11-21(12-10-19)28-17-5-8-22(26)24-13-15-25(16-14-24)23(27)29-18-20-6-3-2-4-7-20/h2-4,6-7,9-12H,5,8,13-18H2,1H3. The lowest BCUT2D eigenvalue weighted by molar-refractivity contribution is -0.133. The lowest BCUT2D eigenvalue weighted by Crippen LogP contribution is -2.50. The average Bonchev–Trinajstić information content (AvgIpc) is 2.77. The van der Waals surface area contributed by atoms with Gasteiger partial charge in [-0.05, 0) is 31.0 Å². The van der Waals surface area contributed by atoms with Crippen LogP contribution in [0.15, 0.2) is 54.6 Å². The van der Waals surface area contributed by atoms with E-state index in [0.29, 0.717) is 45.6 Å². The first kappa shape index (κ1) is 20.7. The average molecular weight is 396 g/mol. The summed E-state index contributed by atoms with van der Waals surface area (Å²) in [7, 11) is 0. The molecular formula is C23H28N2O4. The van der Waals surface area contributed by atoms with Crippen LogP contribution < -0.4 is 4.74 Å². The second-order valence-electron chi connectivity index (χ2n) is 7.17. The Hall–Kier alpha value is -3.02. The quantitative estimate of drug-likeness (QED) is 0.671. The monoisotopic (exact) mass is 396 g/mol. The molecule has 1 aliphatic rings. The fourth-order valence-electron chi connectivity index (χ4n) is 3.16. The van der Waals surface area contributed by atoms with Crippen molar-refractivity contribution < 1.29 is 19.1 Å². The molecule has 2 aromatic rings. The molecule has 0 bridgehead atoms. The smallest absolute Gasteiger partial charge is 0.410 e. The fraction of sp³-hybridized carbons (Fsp3) is 0.391. The molecule has 0 radical (unpaired) electrons. The van der Waals surface area contributed by atoms with Gasteiger partial charge < -0.3 is 19.3 Å². The van der Waals surface area contributed by atoms with Crippen LogP contribution in [0.4, 0.5) is 4.79 Å². The van der Waals surface area contributed by atoms with Crippen LogP contribution in [0.3, 0.4) is 0 Å². The van der Waals surface area contributed by atoms with E-state index in [4.69, 9.17) is 9.47 Å². The van der Waals surface area contributed by atoms with E-state index in [0.717, 1.165) is 11.3 Å². The van der Waals surface area contributed by atoms with Gasteiger partial charge in [-0.2, -0.15) is 0 Å². The van der Waals surface area contributed by atoms with E-state index in [1.165, 1.54) is 5.56 Å². The van der Waals surface area contributed by atoms with Gasteiger partial charge in [0.05, 0.1) is 6.61 Å². The van der Waals surface area contributed by atoms with Gasteiger partial charge >= 0.3 is 6.09 Å². The molecule has 0 atom stereocenters. The minimum absolute atomic E-state index is 0.106. The highest BCUT2D eigenvalue weighted by molar-refractivity contribution is 5.76. The molecule has 0 N–H and O–H groups in total. The molecule has 29 heavy (non-hydrogen) atoms.